The maximum absolute atomic E-state index is 6.30. The lowest BCUT2D eigenvalue weighted by Gasteiger charge is -2.13. The van der Waals surface area contributed by atoms with Gasteiger partial charge in [-0.1, -0.05) is 35.2 Å². The van der Waals surface area contributed by atoms with Crippen LogP contribution in [0.1, 0.15) is 40.2 Å². The Morgan fingerprint density at radius 2 is 2.11 bits per heavy atom. The molecule has 1 aromatic carbocycles. The van der Waals surface area contributed by atoms with E-state index >= 15 is 0 Å². The first-order chi connectivity index (χ1) is 8.61. The molecule has 0 fully saturated rings. The first kappa shape index (κ1) is 13.2. The average molecular weight is 261 g/mol. The van der Waals surface area contributed by atoms with Crippen molar-refractivity contribution in [3.05, 3.63) is 45.5 Å². The molecule has 0 spiro atoms. The van der Waals surface area contributed by atoms with E-state index in [0.29, 0.717) is 0 Å². The molecule has 0 saturated heterocycles. The lowest BCUT2D eigenvalue weighted by Crippen LogP contribution is -2.14. The highest BCUT2D eigenvalue weighted by Gasteiger charge is 2.15. The van der Waals surface area contributed by atoms with Gasteiger partial charge in [0.2, 0.25) is 0 Å². The number of rotatable bonds is 4. The number of benzene rings is 1. The lowest BCUT2D eigenvalue weighted by molar-refractivity contribution is 0.718. The standard InChI is InChI=1S/C14H19N3S/c1-4-13-14(18-17-16-13)12(15)8-11-7-9(2)5-6-10(11)3/h5-7,12H,4,8,15H2,1-3H3. The van der Waals surface area contributed by atoms with Crippen LogP contribution in [-0.4, -0.2) is 9.59 Å². The number of nitrogens with zero attached hydrogens (tertiary/aromatic N) is 2. The van der Waals surface area contributed by atoms with Gasteiger partial charge in [0.1, 0.15) is 0 Å². The number of nitrogens with two attached hydrogens (primary N) is 1. The summed E-state index contributed by atoms with van der Waals surface area (Å²) in [6, 6.07) is 6.51. The van der Waals surface area contributed by atoms with E-state index in [1.807, 2.05) is 0 Å². The zero-order chi connectivity index (χ0) is 13.1. The predicted octanol–water partition coefficient (Wildman–Crippen LogP) is 2.96. The topological polar surface area (TPSA) is 51.8 Å². The third-order valence-corrected chi connectivity index (χ3v) is 4.10. The van der Waals surface area contributed by atoms with Crippen LogP contribution in [0.4, 0.5) is 0 Å². The fraction of sp³-hybridized carbons (Fsp3) is 0.429. The fourth-order valence-electron chi connectivity index (χ4n) is 2.09. The highest BCUT2D eigenvalue weighted by atomic mass is 32.1. The second-order valence-electron chi connectivity index (χ2n) is 4.68. The van der Waals surface area contributed by atoms with Crippen molar-refractivity contribution >= 4 is 11.5 Å². The summed E-state index contributed by atoms with van der Waals surface area (Å²) >= 11 is 1.43. The molecule has 2 N–H and O–H groups in total. The molecule has 0 saturated carbocycles. The summed E-state index contributed by atoms with van der Waals surface area (Å²) in [7, 11) is 0. The van der Waals surface area contributed by atoms with Gasteiger partial charge in [-0.05, 0) is 49.3 Å². The summed E-state index contributed by atoms with van der Waals surface area (Å²) in [5.41, 5.74) is 11.2. The van der Waals surface area contributed by atoms with Gasteiger partial charge in [0, 0.05) is 6.04 Å². The Morgan fingerprint density at radius 1 is 1.33 bits per heavy atom. The molecule has 2 rings (SSSR count). The Kier molecular flexibility index (Phi) is 4.09. The number of aryl methyl sites for hydroxylation is 3. The summed E-state index contributed by atoms with van der Waals surface area (Å²) in [4.78, 5) is 1.12. The van der Waals surface area contributed by atoms with Crippen molar-refractivity contribution in [2.45, 2.75) is 39.7 Å². The molecule has 0 amide bonds. The van der Waals surface area contributed by atoms with Gasteiger partial charge in [-0.15, -0.1) is 5.10 Å². The van der Waals surface area contributed by atoms with Gasteiger partial charge in [-0.2, -0.15) is 0 Å². The summed E-state index contributed by atoms with van der Waals surface area (Å²) in [6.07, 6.45) is 1.75. The van der Waals surface area contributed by atoms with Crippen LogP contribution in [0.5, 0.6) is 0 Å². The van der Waals surface area contributed by atoms with E-state index in [-0.39, 0.29) is 6.04 Å². The Balaban J connectivity index is 2.21. The van der Waals surface area contributed by atoms with E-state index in [2.05, 4.69) is 48.6 Å². The first-order valence-corrected chi connectivity index (χ1v) is 7.02. The Hall–Kier alpha value is -1.26. The van der Waals surface area contributed by atoms with Crippen molar-refractivity contribution in [2.24, 2.45) is 5.73 Å². The zero-order valence-electron chi connectivity index (χ0n) is 11.1. The van der Waals surface area contributed by atoms with Gasteiger partial charge in [0.15, 0.2) is 0 Å². The quantitative estimate of drug-likeness (QED) is 0.920. The summed E-state index contributed by atoms with van der Waals surface area (Å²) < 4.78 is 4.01. The SMILES string of the molecule is CCc1nnsc1C(N)Cc1cc(C)ccc1C. The minimum atomic E-state index is 0.000417. The predicted molar refractivity (Wildman–Crippen MR) is 75.8 cm³/mol. The second-order valence-corrected chi connectivity index (χ2v) is 5.46. The highest BCUT2D eigenvalue weighted by Crippen LogP contribution is 2.24. The maximum atomic E-state index is 6.30. The van der Waals surface area contributed by atoms with Crippen molar-refractivity contribution < 1.29 is 0 Å². The molecular formula is C14H19N3S. The molecule has 4 heteroatoms. The van der Waals surface area contributed by atoms with Gasteiger partial charge in [-0.25, -0.2) is 0 Å². The second kappa shape index (κ2) is 5.59. The van der Waals surface area contributed by atoms with E-state index < -0.39 is 0 Å². The molecule has 0 aliphatic carbocycles. The van der Waals surface area contributed by atoms with Crippen molar-refractivity contribution in [1.82, 2.24) is 9.59 Å². The van der Waals surface area contributed by atoms with Crippen LogP contribution in [0.2, 0.25) is 0 Å². The molecule has 96 valence electrons. The Labute approximate surface area is 112 Å². The molecule has 18 heavy (non-hydrogen) atoms. The van der Waals surface area contributed by atoms with Gasteiger partial charge in [-0.3, -0.25) is 0 Å². The molecule has 0 radical (unpaired) electrons. The van der Waals surface area contributed by atoms with Crippen LogP contribution < -0.4 is 5.73 Å². The van der Waals surface area contributed by atoms with E-state index in [4.69, 9.17) is 5.73 Å². The van der Waals surface area contributed by atoms with Crippen LogP contribution in [0.15, 0.2) is 18.2 Å². The van der Waals surface area contributed by atoms with E-state index in [9.17, 15) is 0 Å². The molecule has 1 unspecified atom stereocenters. The Bertz CT molecular complexity index is 534. The largest absolute Gasteiger partial charge is 0.323 e. The first-order valence-electron chi connectivity index (χ1n) is 6.24. The van der Waals surface area contributed by atoms with Crippen LogP contribution in [-0.2, 0) is 12.8 Å². The van der Waals surface area contributed by atoms with E-state index in [1.54, 1.807) is 0 Å². The summed E-state index contributed by atoms with van der Waals surface area (Å²) in [6.45, 7) is 6.33. The average Bonchev–Trinajstić information content (AvgIpc) is 2.82. The molecule has 1 heterocycles. The third kappa shape index (κ3) is 2.76. The van der Waals surface area contributed by atoms with Gasteiger partial charge in [0.05, 0.1) is 10.6 Å². The van der Waals surface area contributed by atoms with Crippen LogP contribution >= 0.6 is 11.5 Å². The van der Waals surface area contributed by atoms with Crippen LogP contribution in [0.25, 0.3) is 0 Å². The van der Waals surface area contributed by atoms with Crippen LogP contribution in [0, 0.1) is 13.8 Å². The maximum Gasteiger partial charge on any atom is 0.0801 e. The van der Waals surface area contributed by atoms with Gasteiger partial charge in [0.25, 0.3) is 0 Å². The molecule has 0 aliphatic rings. The zero-order valence-corrected chi connectivity index (χ0v) is 11.9. The minimum absolute atomic E-state index is 0.000417. The van der Waals surface area contributed by atoms with Crippen LogP contribution in [0.3, 0.4) is 0 Å². The molecule has 0 bridgehead atoms. The monoisotopic (exact) mass is 261 g/mol. The van der Waals surface area contributed by atoms with Crippen molar-refractivity contribution in [1.29, 1.82) is 0 Å². The number of hydrogen-bond acceptors (Lipinski definition) is 4. The molecule has 0 aliphatic heterocycles. The minimum Gasteiger partial charge on any atom is -0.323 e. The highest BCUT2D eigenvalue weighted by molar-refractivity contribution is 7.05. The number of hydrogen-bond donors (Lipinski definition) is 1. The molecule has 1 atom stereocenters. The Morgan fingerprint density at radius 3 is 2.83 bits per heavy atom. The smallest absolute Gasteiger partial charge is 0.0801 e. The van der Waals surface area contributed by atoms with E-state index in [1.165, 1.54) is 28.2 Å². The van der Waals surface area contributed by atoms with Gasteiger partial charge >= 0.3 is 0 Å². The van der Waals surface area contributed by atoms with Crippen molar-refractivity contribution in [3.63, 3.8) is 0 Å². The van der Waals surface area contributed by atoms with E-state index in [0.717, 1.165) is 23.4 Å². The van der Waals surface area contributed by atoms with Gasteiger partial charge < -0.3 is 5.73 Å². The summed E-state index contributed by atoms with van der Waals surface area (Å²) in [5, 5.41) is 4.13. The van der Waals surface area contributed by atoms with Crippen molar-refractivity contribution in [3.8, 4) is 0 Å². The fourth-order valence-corrected chi connectivity index (χ4v) is 2.83. The third-order valence-electron chi connectivity index (χ3n) is 3.20. The molecular weight excluding hydrogens is 242 g/mol. The molecule has 3 nitrogen and oxygen atoms in total. The van der Waals surface area contributed by atoms with Crippen molar-refractivity contribution in [2.75, 3.05) is 0 Å². The molecule has 2 aromatic rings. The molecule has 1 aromatic heterocycles. The normalized spacial score (nSPS) is 12.7. The summed E-state index contributed by atoms with van der Waals surface area (Å²) in [5.74, 6) is 0. The lowest BCUT2D eigenvalue weighted by atomic mass is 9.98. The number of aromatic nitrogens is 2.